The van der Waals surface area contributed by atoms with E-state index in [1.807, 2.05) is 13.0 Å². The summed E-state index contributed by atoms with van der Waals surface area (Å²) in [5, 5.41) is 11.0. The molecule has 2 aromatic rings. The van der Waals surface area contributed by atoms with Gasteiger partial charge < -0.3 is 19.5 Å². The molecule has 0 saturated carbocycles. The highest BCUT2D eigenvalue weighted by atomic mass is 16.5. The van der Waals surface area contributed by atoms with Gasteiger partial charge in [-0.25, -0.2) is 0 Å². The minimum absolute atomic E-state index is 0.0694. The lowest BCUT2D eigenvalue weighted by Gasteiger charge is -2.25. The predicted molar refractivity (Wildman–Crippen MR) is 105 cm³/mol. The molecule has 6 nitrogen and oxygen atoms in total. The minimum Gasteiger partial charge on any atom is -0.507 e. The van der Waals surface area contributed by atoms with E-state index in [0.717, 1.165) is 0 Å². The lowest BCUT2D eigenvalue weighted by molar-refractivity contribution is -0.139. The fourth-order valence-electron chi connectivity index (χ4n) is 3.44. The van der Waals surface area contributed by atoms with Gasteiger partial charge in [0.2, 0.25) is 0 Å². The fraction of sp³-hybridized carbons (Fsp3) is 0.273. The van der Waals surface area contributed by atoms with Crippen molar-refractivity contribution in [1.29, 1.82) is 0 Å². The Morgan fingerprint density at radius 1 is 1.04 bits per heavy atom. The first kappa shape index (κ1) is 19.5. The van der Waals surface area contributed by atoms with Gasteiger partial charge in [0.25, 0.3) is 11.7 Å². The molecule has 1 saturated heterocycles. The Morgan fingerprint density at radius 3 is 2.32 bits per heavy atom. The predicted octanol–water partition coefficient (Wildman–Crippen LogP) is 3.54. The maximum atomic E-state index is 12.8. The van der Waals surface area contributed by atoms with Gasteiger partial charge in [-0.1, -0.05) is 31.2 Å². The van der Waals surface area contributed by atoms with Gasteiger partial charge in [0.15, 0.2) is 0 Å². The quantitative estimate of drug-likeness (QED) is 0.471. The van der Waals surface area contributed by atoms with E-state index in [9.17, 15) is 14.7 Å². The van der Waals surface area contributed by atoms with E-state index >= 15 is 0 Å². The number of carbonyl (C=O) groups excluding carboxylic acids is 2. The van der Waals surface area contributed by atoms with E-state index in [-0.39, 0.29) is 11.3 Å². The molecular formula is C22H23NO5. The Labute approximate surface area is 164 Å². The van der Waals surface area contributed by atoms with Crippen molar-refractivity contribution in [3.8, 4) is 11.5 Å². The minimum atomic E-state index is -0.693. The van der Waals surface area contributed by atoms with Crippen LogP contribution >= 0.6 is 0 Å². The number of methoxy groups -OCH3 is 2. The monoisotopic (exact) mass is 381 g/mol. The molecule has 0 aromatic heterocycles. The van der Waals surface area contributed by atoms with Crippen LogP contribution in [0.4, 0.5) is 0 Å². The van der Waals surface area contributed by atoms with Crippen molar-refractivity contribution < 1.29 is 24.2 Å². The summed E-state index contributed by atoms with van der Waals surface area (Å²) >= 11 is 0. The van der Waals surface area contributed by atoms with Crippen molar-refractivity contribution in [2.24, 2.45) is 0 Å². The Bertz CT molecular complexity index is 934. The standard InChI is InChI=1S/C22H23NO5/c1-4-11-23-19(14-7-5-9-16(12-14)27-2)18(21(25)22(23)26)20(24)15-8-6-10-17(13-15)28-3/h5-10,12-13,19,24H,4,11H2,1-3H3/b20-18-. The second-order valence-corrected chi connectivity index (χ2v) is 6.50. The molecule has 1 heterocycles. The summed E-state index contributed by atoms with van der Waals surface area (Å²) in [7, 11) is 3.08. The lowest BCUT2D eigenvalue weighted by atomic mass is 9.95. The van der Waals surface area contributed by atoms with Crippen LogP contribution in [0.3, 0.4) is 0 Å². The topological polar surface area (TPSA) is 76.1 Å². The number of aliphatic hydroxyl groups is 1. The SMILES string of the molecule is CCCN1C(=O)C(=O)/C(=C(\O)c2cccc(OC)c2)C1c1cccc(OC)c1. The number of hydrogen-bond donors (Lipinski definition) is 1. The number of nitrogens with zero attached hydrogens (tertiary/aromatic N) is 1. The zero-order chi connectivity index (χ0) is 20.3. The summed E-state index contributed by atoms with van der Waals surface area (Å²) in [6.07, 6.45) is 0.687. The highest BCUT2D eigenvalue weighted by Gasteiger charge is 2.45. The third-order valence-electron chi connectivity index (χ3n) is 4.76. The third kappa shape index (κ3) is 3.45. The molecule has 6 heteroatoms. The lowest BCUT2D eigenvalue weighted by Crippen LogP contribution is -2.30. The molecule has 146 valence electrons. The smallest absolute Gasteiger partial charge is 0.295 e. The normalized spacial score (nSPS) is 18.4. The molecule has 0 aliphatic carbocycles. The van der Waals surface area contributed by atoms with Crippen LogP contribution < -0.4 is 9.47 Å². The molecule has 1 N–H and O–H groups in total. The first-order chi connectivity index (χ1) is 13.5. The number of likely N-dealkylation sites (tertiary alicyclic amines) is 1. The average Bonchev–Trinajstić information content (AvgIpc) is 2.98. The Balaban J connectivity index is 2.19. The number of carbonyl (C=O) groups is 2. The summed E-state index contributed by atoms with van der Waals surface area (Å²) in [6.45, 7) is 2.34. The molecule has 1 unspecified atom stereocenters. The molecule has 0 bridgehead atoms. The van der Waals surface area contributed by atoms with Crippen LogP contribution in [0.1, 0.15) is 30.5 Å². The van der Waals surface area contributed by atoms with Crippen molar-refractivity contribution >= 4 is 17.4 Å². The Kier molecular flexibility index (Phi) is 5.68. The van der Waals surface area contributed by atoms with Gasteiger partial charge in [-0.3, -0.25) is 9.59 Å². The van der Waals surface area contributed by atoms with Crippen LogP contribution in [-0.4, -0.2) is 42.5 Å². The van der Waals surface area contributed by atoms with Crippen LogP contribution in [0.2, 0.25) is 0 Å². The van der Waals surface area contributed by atoms with E-state index in [1.165, 1.54) is 12.0 Å². The number of amides is 1. The molecule has 2 aromatic carbocycles. The largest absolute Gasteiger partial charge is 0.507 e. The van der Waals surface area contributed by atoms with E-state index in [2.05, 4.69) is 0 Å². The molecule has 1 atom stereocenters. The molecule has 1 amide bonds. The molecule has 0 radical (unpaired) electrons. The van der Waals surface area contributed by atoms with Crippen LogP contribution in [0.5, 0.6) is 11.5 Å². The van der Waals surface area contributed by atoms with E-state index in [1.54, 1.807) is 49.6 Å². The van der Waals surface area contributed by atoms with Gasteiger partial charge in [-0.15, -0.1) is 0 Å². The molecule has 1 aliphatic rings. The first-order valence-electron chi connectivity index (χ1n) is 9.08. The highest BCUT2D eigenvalue weighted by Crippen LogP contribution is 2.40. The molecule has 3 rings (SSSR count). The zero-order valence-corrected chi connectivity index (χ0v) is 16.1. The van der Waals surface area contributed by atoms with Crippen molar-refractivity contribution in [3.05, 3.63) is 65.2 Å². The molecule has 1 aliphatic heterocycles. The van der Waals surface area contributed by atoms with Crippen LogP contribution in [0.15, 0.2) is 54.1 Å². The van der Waals surface area contributed by atoms with Gasteiger partial charge in [-0.05, 0) is 36.2 Å². The number of Topliss-reactive ketones (excluding diaryl/α,β-unsaturated/α-hetero) is 1. The second-order valence-electron chi connectivity index (χ2n) is 6.50. The highest BCUT2D eigenvalue weighted by molar-refractivity contribution is 6.46. The summed E-state index contributed by atoms with van der Waals surface area (Å²) in [5.74, 6) is -0.366. The third-order valence-corrected chi connectivity index (χ3v) is 4.76. The van der Waals surface area contributed by atoms with E-state index < -0.39 is 17.7 Å². The Morgan fingerprint density at radius 2 is 1.68 bits per heavy atom. The summed E-state index contributed by atoms with van der Waals surface area (Å²) in [4.78, 5) is 27.0. The summed E-state index contributed by atoms with van der Waals surface area (Å²) in [6, 6.07) is 13.3. The van der Waals surface area contributed by atoms with Crippen LogP contribution in [-0.2, 0) is 9.59 Å². The second kappa shape index (κ2) is 8.17. The Hall–Kier alpha value is -3.28. The van der Waals surface area contributed by atoms with Crippen molar-refractivity contribution in [2.75, 3.05) is 20.8 Å². The number of aliphatic hydroxyl groups excluding tert-OH is 1. The van der Waals surface area contributed by atoms with Crippen LogP contribution in [0, 0.1) is 0 Å². The number of rotatable bonds is 6. The zero-order valence-electron chi connectivity index (χ0n) is 16.1. The fourth-order valence-corrected chi connectivity index (χ4v) is 3.44. The average molecular weight is 381 g/mol. The van der Waals surface area contributed by atoms with Gasteiger partial charge in [0, 0.05) is 12.1 Å². The number of hydrogen-bond acceptors (Lipinski definition) is 5. The summed E-state index contributed by atoms with van der Waals surface area (Å²) < 4.78 is 10.5. The number of benzene rings is 2. The first-order valence-corrected chi connectivity index (χ1v) is 9.08. The molecule has 28 heavy (non-hydrogen) atoms. The summed E-state index contributed by atoms with van der Waals surface area (Å²) in [5.41, 5.74) is 1.19. The van der Waals surface area contributed by atoms with Crippen molar-refractivity contribution in [2.45, 2.75) is 19.4 Å². The maximum Gasteiger partial charge on any atom is 0.295 e. The van der Waals surface area contributed by atoms with Gasteiger partial charge in [0.05, 0.1) is 25.8 Å². The van der Waals surface area contributed by atoms with E-state index in [0.29, 0.717) is 35.6 Å². The van der Waals surface area contributed by atoms with Gasteiger partial charge in [-0.2, -0.15) is 0 Å². The molecule has 0 spiro atoms. The van der Waals surface area contributed by atoms with Crippen molar-refractivity contribution in [3.63, 3.8) is 0 Å². The van der Waals surface area contributed by atoms with E-state index in [4.69, 9.17) is 9.47 Å². The molecule has 1 fully saturated rings. The van der Waals surface area contributed by atoms with Gasteiger partial charge >= 0.3 is 0 Å². The number of ether oxygens (including phenoxy) is 2. The number of ketones is 1. The van der Waals surface area contributed by atoms with Crippen molar-refractivity contribution in [1.82, 2.24) is 4.90 Å². The van der Waals surface area contributed by atoms with Crippen LogP contribution in [0.25, 0.3) is 5.76 Å². The van der Waals surface area contributed by atoms with Gasteiger partial charge in [0.1, 0.15) is 17.3 Å². The molecular weight excluding hydrogens is 358 g/mol. The maximum absolute atomic E-state index is 12.8.